The molecule has 13 nitrogen and oxygen atoms in total. The fourth-order valence-corrected chi connectivity index (χ4v) is 6.67. The van der Waals surface area contributed by atoms with E-state index < -0.39 is 33.1 Å². The van der Waals surface area contributed by atoms with Crippen LogP contribution in [0, 0.1) is 6.92 Å². The Labute approximate surface area is 270 Å². The van der Waals surface area contributed by atoms with Gasteiger partial charge in [-0.25, -0.2) is 9.78 Å². The van der Waals surface area contributed by atoms with Crippen LogP contribution in [0.4, 0.5) is 22.0 Å². The summed E-state index contributed by atoms with van der Waals surface area (Å²) in [5.41, 5.74) is 0.626. The van der Waals surface area contributed by atoms with Gasteiger partial charge in [-0.2, -0.15) is 13.1 Å². The third-order valence-electron chi connectivity index (χ3n) is 8.54. The molecular weight excluding hydrogens is 612 g/mol. The molecule has 0 spiro atoms. The molecule has 1 aromatic carbocycles. The Hall–Kier alpha value is -4.01. The molecule has 1 aliphatic heterocycles. The minimum atomic E-state index is -3.70. The van der Waals surface area contributed by atoms with Crippen LogP contribution in [0.15, 0.2) is 47.1 Å². The standard InChI is InChI=1S/C32H44N6O7S/c1-20-15-21(11-13-24(20)35-29(40)36-27-16-26(44-37-27)30(2,3)4)34-28(39)25-14-12-22(19-33-25)43-23-17-31(5,6)38(9,32(7,8)18-23)45-46(10,41)42/h11-16,19,23H,17-18H2,1-10H3,(H2-,33,34,35,36,37,39,40)/p+1. The molecule has 3 amide bonds. The van der Waals surface area contributed by atoms with Crippen LogP contribution in [-0.2, 0) is 19.8 Å². The molecule has 3 aromatic rings. The molecule has 46 heavy (non-hydrogen) atoms. The molecule has 0 aliphatic carbocycles. The second-order valence-corrected chi connectivity index (χ2v) is 15.8. The van der Waals surface area contributed by atoms with Crippen LogP contribution in [0.25, 0.3) is 0 Å². The van der Waals surface area contributed by atoms with E-state index in [0.717, 1.165) is 11.8 Å². The molecule has 2 aromatic heterocycles. The zero-order valence-corrected chi connectivity index (χ0v) is 29.0. The number of likely N-dealkylation sites (tertiary alicyclic amines) is 1. The summed E-state index contributed by atoms with van der Waals surface area (Å²) in [6, 6.07) is 9.59. The topological polar surface area (TPSA) is 162 Å². The highest BCUT2D eigenvalue weighted by Crippen LogP contribution is 2.46. The molecule has 0 saturated carbocycles. The fraction of sp³-hybridized carbons (Fsp3) is 0.500. The zero-order chi connectivity index (χ0) is 34.3. The van der Waals surface area contributed by atoms with Crippen LogP contribution in [0.2, 0.25) is 0 Å². The SMILES string of the molecule is Cc1cc(NC(=O)c2ccc(OC3CC(C)(C)[N+](C)(OS(C)(=O)=O)C(C)(C)C3)cn2)ccc1NC(=O)Nc1cc(C(C)(C)C)on1. The minimum absolute atomic E-state index is 0.110. The number of rotatable bonds is 8. The summed E-state index contributed by atoms with van der Waals surface area (Å²) in [6.07, 6.45) is 3.41. The van der Waals surface area contributed by atoms with Crippen molar-refractivity contribution in [2.75, 3.05) is 29.3 Å². The fourth-order valence-electron chi connectivity index (χ4n) is 5.72. The monoisotopic (exact) mass is 657 g/mol. The van der Waals surface area contributed by atoms with Crippen LogP contribution < -0.4 is 20.7 Å². The smallest absolute Gasteiger partial charge is 0.324 e. The van der Waals surface area contributed by atoms with Gasteiger partial charge in [0.05, 0.1) is 12.5 Å². The Morgan fingerprint density at radius 1 is 1.00 bits per heavy atom. The lowest BCUT2D eigenvalue weighted by Gasteiger charge is -2.56. The van der Waals surface area contributed by atoms with Crippen molar-refractivity contribution in [3.63, 3.8) is 0 Å². The largest absolute Gasteiger partial charge is 0.488 e. The number of amides is 3. The van der Waals surface area contributed by atoms with E-state index in [1.807, 2.05) is 55.4 Å². The van der Waals surface area contributed by atoms with Crippen molar-refractivity contribution in [3.05, 3.63) is 59.6 Å². The van der Waals surface area contributed by atoms with Crippen molar-refractivity contribution in [2.45, 2.75) is 90.8 Å². The molecule has 250 valence electrons. The summed E-state index contributed by atoms with van der Waals surface area (Å²) >= 11 is 0. The van der Waals surface area contributed by atoms with Gasteiger partial charge < -0.3 is 19.9 Å². The van der Waals surface area contributed by atoms with Crippen molar-refractivity contribution in [3.8, 4) is 5.75 Å². The van der Waals surface area contributed by atoms with E-state index in [2.05, 4.69) is 26.1 Å². The molecule has 3 N–H and O–H groups in total. The van der Waals surface area contributed by atoms with Crippen LogP contribution >= 0.6 is 0 Å². The third kappa shape index (κ3) is 7.85. The summed E-state index contributed by atoms with van der Waals surface area (Å²) < 4.78 is 41.2. The van der Waals surface area contributed by atoms with Gasteiger partial charge in [0.2, 0.25) is 0 Å². The van der Waals surface area contributed by atoms with Gasteiger partial charge in [0.15, 0.2) is 5.82 Å². The highest BCUT2D eigenvalue weighted by molar-refractivity contribution is 7.85. The Morgan fingerprint density at radius 2 is 1.65 bits per heavy atom. The van der Waals surface area contributed by atoms with E-state index in [1.165, 1.54) is 6.20 Å². The number of aryl methyl sites for hydroxylation is 1. The first kappa shape index (κ1) is 34.9. The highest BCUT2D eigenvalue weighted by Gasteiger charge is 2.61. The van der Waals surface area contributed by atoms with Crippen LogP contribution in [0.3, 0.4) is 0 Å². The lowest BCUT2D eigenvalue weighted by atomic mass is 9.78. The van der Waals surface area contributed by atoms with E-state index in [4.69, 9.17) is 13.5 Å². The van der Waals surface area contributed by atoms with Crippen LogP contribution in [0.5, 0.6) is 5.75 Å². The zero-order valence-electron chi connectivity index (χ0n) is 28.1. The number of nitrogens with one attached hydrogen (secondary N) is 3. The number of hydrogen-bond donors (Lipinski definition) is 3. The summed E-state index contributed by atoms with van der Waals surface area (Å²) in [5, 5.41) is 12.2. The summed E-state index contributed by atoms with van der Waals surface area (Å²) in [7, 11) is -1.91. The predicted molar refractivity (Wildman–Crippen MR) is 175 cm³/mol. The molecule has 1 aliphatic rings. The number of ether oxygens (including phenoxy) is 1. The van der Waals surface area contributed by atoms with Crippen molar-refractivity contribution in [1.82, 2.24) is 10.1 Å². The Balaban J connectivity index is 1.35. The third-order valence-corrected chi connectivity index (χ3v) is 9.11. The van der Waals surface area contributed by atoms with Crippen molar-refractivity contribution >= 4 is 39.2 Å². The lowest BCUT2D eigenvalue weighted by molar-refractivity contribution is -1.14. The minimum Gasteiger partial charge on any atom is -0.488 e. The van der Waals surface area contributed by atoms with Gasteiger partial charge >= 0.3 is 16.1 Å². The first-order chi connectivity index (χ1) is 21.1. The number of hydrogen-bond acceptors (Lipinski definition) is 9. The first-order valence-electron chi connectivity index (χ1n) is 15.0. The molecule has 0 radical (unpaired) electrons. The van der Waals surface area contributed by atoms with Crippen LogP contribution in [0.1, 0.15) is 83.1 Å². The van der Waals surface area contributed by atoms with E-state index in [0.29, 0.717) is 41.5 Å². The number of nitrogens with zero attached hydrogens (tertiary/aromatic N) is 3. The molecule has 1 saturated heterocycles. The van der Waals surface area contributed by atoms with Gasteiger partial charge in [-0.05, 0) is 70.5 Å². The van der Waals surface area contributed by atoms with Crippen molar-refractivity contribution in [1.29, 1.82) is 0 Å². The van der Waals surface area contributed by atoms with Gasteiger partial charge in [0.25, 0.3) is 5.91 Å². The van der Waals surface area contributed by atoms with E-state index in [9.17, 15) is 18.0 Å². The number of urea groups is 1. The number of anilines is 3. The Morgan fingerprint density at radius 3 is 2.17 bits per heavy atom. The number of piperidine rings is 1. The predicted octanol–water partition coefficient (Wildman–Crippen LogP) is 6.01. The summed E-state index contributed by atoms with van der Waals surface area (Å²) in [4.78, 5) is 29.8. The maximum absolute atomic E-state index is 12.9. The number of benzene rings is 1. The van der Waals surface area contributed by atoms with E-state index >= 15 is 0 Å². The summed E-state index contributed by atoms with van der Waals surface area (Å²) in [6.45, 7) is 15.6. The molecule has 0 atom stereocenters. The average molecular weight is 658 g/mol. The molecule has 3 heterocycles. The lowest BCUT2D eigenvalue weighted by Crippen LogP contribution is -2.73. The Bertz CT molecular complexity index is 1690. The normalized spacial score (nSPS) is 20.9. The molecule has 1 fully saturated rings. The average Bonchev–Trinajstić information content (AvgIpc) is 3.37. The van der Waals surface area contributed by atoms with Gasteiger partial charge in [0, 0.05) is 35.7 Å². The first-order valence-corrected chi connectivity index (χ1v) is 16.8. The van der Waals surface area contributed by atoms with Crippen LogP contribution in [-0.4, -0.2) is 65.6 Å². The van der Waals surface area contributed by atoms with E-state index in [1.54, 1.807) is 43.4 Å². The number of aromatic nitrogens is 2. The quantitative estimate of drug-likeness (QED) is 0.246. The highest BCUT2D eigenvalue weighted by atomic mass is 32.2. The molecular formula is C32H45N6O7S+. The van der Waals surface area contributed by atoms with Crippen molar-refractivity contribution < 1.29 is 36.2 Å². The number of pyridine rings is 1. The maximum Gasteiger partial charge on any atom is 0.324 e. The van der Waals surface area contributed by atoms with Gasteiger partial charge in [-0.15, -0.1) is 0 Å². The molecule has 0 unspecified atom stereocenters. The molecule has 14 heteroatoms. The number of carbonyl (C=O) groups is 2. The maximum atomic E-state index is 12.9. The molecule has 0 bridgehead atoms. The molecule has 4 rings (SSSR count). The number of carbonyl (C=O) groups excluding carboxylic acids is 2. The van der Waals surface area contributed by atoms with E-state index in [-0.39, 0.29) is 21.9 Å². The summed E-state index contributed by atoms with van der Waals surface area (Å²) in [5.74, 6) is 1.05. The Kier molecular flexibility index (Phi) is 9.32. The van der Waals surface area contributed by atoms with Crippen molar-refractivity contribution in [2.24, 2.45) is 0 Å². The van der Waals surface area contributed by atoms with Gasteiger partial charge in [-0.1, -0.05) is 30.2 Å². The van der Waals surface area contributed by atoms with Gasteiger partial charge in [-0.3, -0.25) is 10.1 Å². The second kappa shape index (κ2) is 12.3. The van der Waals surface area contributed by atoms with Gasteiger partial charge in [0.1, 0.15) is 41.4 Å². The number of quaternary nitrogens is 1. The second-order valence-electron chi connectivity index (χ2n) is 14.2. The number of hydroxylamine groups is 3.